The summed E-state index contributed by atoms with van der Waals surface area (Å²) in [7, 11) is 1.68. The molecule has 1 atom stereocenters. The lowest BCUT2D eigenvalue weighted by atomic mass is 9.93. The fraction of sp³-hybridized carbons (Fsp3) is 0.485. The highest BCUT2D eigenvalue weighted by molar-refractivity contribution is 5.88. The zero-order chi connectivity index (χ0) is 33.6. The monoisotopic (exact) mass is 633 g/mol. The highest BCUT2D eigenvalue weighted by Crippen LogP contribution is 2.31. The molecular weight excluding hydrogens is 590 g/mol. The highest BCUT2D eigenvalue weighted by atomic mass is 16.6. The van der Waals surface area contributed by atoms with Gasteiger partial charge in [0, 0.05) is 31.6 Å². The number of carbonyl (C=O) groups is 3. The Labute approximate surface area is 269 Å². The lowest BCUT2D eigenvalue weighted by Crippen LogP contribution is -2.35. The molecule has 1 aliphatic rings. The summed E-state index contributed by atoms with van der Waals surface area (Å²) in [6, 6.07) is 7.43. The number of allylic oxidation sites excluding steroid dienone is 1. The van der Waals surface area contributed by atoms with Gasteiger partial charge in [-0.2, -0.15) is 0 Å². The first kappa shape index (κ1) is 34.1. The Balaban J connectivity index is 1.57. The Kier molecular flexibility index (Phi) is 10.4. The largest absolute Gasteiger partial charge is 0.444 e. The minimum atomic E-state index is -0.722. The lowest BCUT2D eigenvalue weighted by molar-refractivity contribution is -0.121. The molecule has 2 aromatic heterocycles. The second-order valence-corrected chi connectivity index (χ2v) is 13.1. The summed E-state index contributed by atoms with van der Waals surface area (Å²) < 4.78 is 16.9. The zero-order valence-electron chi connectivity index (χ0n) is 27.8. The van der Waals surface area contributed by atoms with Crippen LogP contribution >= 0.6 is 0 Å². The molecule has 246 valence electrons. The molecule has 0 saturated carbocycles. The number of benzene rings is 1. The standard InChI is InChI=1S/C33H43N7O6/c1-9-25(41)35-23-16-14-21(15-17-23)24-18-34-27(37-30(42)45-32(2,3)4)26(36-24)29-39-38-28(44-29)22-12-10-20(11-13-22)19-40(8)31(43)46-33(5,6)7/h10-14,18,23H,9,15-17,19H2,1-8H3,(H,35,41)(H,34,37,42). The number of carbonyl (C=O) groups excluding carboxylic acids is 3. The first-order chi connectivity index (χ1) is 21.6. The second kappa shape index (κ2) is 14.1. The summed E-state index contributed by atoms with van der Waals surface area (Å²) in [6.07, 6.45) is 5.07. The average molecular weight is 634 g/mol. The molecule has 0 aliphatic heterocycles. The van der Waals surface area contributed by atoms with Gasteiger partial charge in [0.1, 0.15) is 11.2 Å². The Morgan fingerprint density at radius 1 is 1.00 bits per heavy atom. The third-order valence-electron chi connectivity index (χ3n) is 6.77. The molecule has 2 N–H and O–H groups in total. The lowest BCUT2D eigenvalue weighted by Gasteiger charge is -2.24. The molecular formula is C33H43N7O6. The quantitative estimate of drug-likeness (QED) is 0.285. The van der Waals surface area contributed by atoms with Crippen LogP contribution in [0.1, 0.15) is 85.4 Å². The Hall–Kier alpha value is -4.81. The predicted molar refractivity (Wildman–Crippen MR) is 172 cm³/mol. The molecule has 3 aromatic rings. The second-order valence-electron chi connectivity index (χ2n) is 13.1. The third kappa shape index (κ3) is 9.59. The number of rotatable bonds is 8. The Morgan fingerprint density at radius 3 is 2.28 bits per heavy atom. The molecule has 13 heteroatoms. The van der Waals surface area contributed by atoms with Crippen LogP contribution in [-0.4, -0.2) is 67.5 Å². The van der Waals surface area contributed by atoms with Gasteiger partial charge in [0.15, 0.2) is 11.5 Å². The van der Waals surface area contributed by atoms with Gasteiger partial charge in [-0.3, -0.25) is 10.1 Å². The van der Waals surface area contributed by atoms with Crippen molar-refractivity contribution < 1.29 is 28.3 Å². The molecule has 0 spiro atoms. The van der Waals surface area contributed by atoms with Crippen LogP contribution in [0.3, 0.4) is 0 Å². The van der Waals surface area contributed by atoms with Gasteiger partial charge in [-0.25, -0.2) is 19.6 Å². The average Bonchev–Trinajstić information content (AvgIpc) is 3.46. The van der Waals surface area contributed by atoms with Crippen LogP contribution in [0.2, 0.25) is 0 Å². The smallest absolute Gasteiger partial charge is 0.413 e. The van der Waals surface area contributed by atoms with E-state index in [9.17, 15) is 14.4 Å². The van der Waals surface area contributed by atoms with Gasteiger partial charge in [-0.1, -0.05) is 25.1 Å². The van der Waals surface area contributed by atoms with Gasteiger partial charge >= 0.3 is 12.2 Å². The van der Waals surface area contributed by atoms with Crippen molar-refractivity contribution in [3.63, 3.8) is 0 Å². The summed E-state index contributed by atoms with van der Waals surface area (Å²) in [4.78, 5) is 47.6. The van der Waals surface area contributed by atoms with E-state index in [1.165, 1.54) is 4.90 Å². The van der Waals surface area contributed by atoms with Crippen molar-refractivity contribution >= 4 is 29.5 Å². The summed E-state index contributed by atoms with van der Waals surface area (Å²) >= 11 is 0. The number of nitrogens with one attached hydrogen (secondary N) is 2. The molecule has 46 heavy (non-hydrogen) atoms. The number of nitrogens with zero attached hydrogens (tertiary/aromatic N) is 5. The van der Waals surface area contributed by atoms with E-state index in [0.717, 1.165) is 17.6 Å². The molecule has 2 heterocycles. The van der Waals surface area contributed by atoms with E-state index >= 15 is 0 Å². The summed E-state index contributed by atoms with van der Waals surface area (Å²) in [5, 5.41) is 14.1. The number of amides is 3. The number of anilines is 1. The van der Waals surface area contributed by atoms with Crippen molar-refractivity contribution in [2.24, 2.45) is 0 Å². The van der Waals surface area contributed by atoms with Crippen molar-refractivity contribution in [3.05, 3.63) is 47.8 Å². The van der Waals surface area contributed by atoms with E-state index in [1.54, 1.807) is 34.0 Å². The maximum absolute atomic E-state index is 12.6. The van der Waals surface area contributed by atoms with Gasteiger partial charge < -0.3 is 24.1 Å². The van der Waals surface area contributed by atoms with E-state index in [2.05, 4.69) is 25.8 Å². The molecule has 0 radical (unpaired) electrons. The Bertz CT molecular complexity index is 1580. The number of hydrogen-bond acceptors (Lipinski definition) is 10. The number of hydrogen-bond donors (Lipinski definition) is 2. The normalized spacial score (nSPS) is 15.0. The maximum atomic E-state index is 12.6. The van der Waals surface area contributed by atoms with Gasteiger partial charge in [0.05, 0.1) is 11.9 Å². The van der Waals surface area contributed by atoms with Crippen LogP contribution in [0.5, 0.6) is 0 Å². The van der Waals surface area contributed by atoms with Crippen molar-refractivity contribution in [2.45, 2.75) is 97.9 Å². The third-order valence-corrected chi connectivity index (χ3v) is 6.77. The fourth-order valence-corrected chi connectivity index (χ4v) is 4.58. The van der Waals surface area contributed by atoms with Crippen LogP contribution < -0.4 is 10.6 Å². The van der Waals surface area contributed by atoms with Gasteiger partial charge in [-0.05, 0) is 84.1 Å². The number of ether oxygens (including phenoxy) is 2. The van der Waals surface area contributed by atoms with Crippen LogP contribution in [0.15, 0.2) is 41.0 Å². The van der Waals surface area contributed by atoms with E-state index in [1.807, 2.05) is 58.0 Å². The molecule has 1 aliphatic carbocycles. The minimum Gasteiger partial charge on any atom is -0.444 e. The van der Waals surface area contributed by atoms with Crippen LogP contribution in [0.4, 0.5) is 15.4 Å². The van der Waals surface area contributed by atoms with Gasteiger partial charge in [0.2, 0.25) is 11.8 Å². The molecule has 13 nitrogen and oxygen atoms in total. The zero-order valence-corrected chi connectivity index (χ0v) is 27.8. The molecule has 4 rings (SSSR count). The van der Waals surface area contributed by atoms with E-state index in [0.29, 0.717) is 37.1 Å². The molecule has 1 unspecified atom stereocenters. The summed E-state index contributed by atoms with van der Waals surface area (Å²) in [6.45, 7) is 12.9. The summed E-state index contributed by atoms with van der Waals surface area (Å²) in [5.74, 6) is 0.437. The molecule has 3 amide bonds. The van der Waals surface area contributed by atoms with Crippen molar-refractivity contribution in [3.8, 4) is 23.0 Å². The topological polar surface area (TPSA) is 162 Å². The number of aromatic nitrogens is 4. The molecule has 0 saturated heterocycles. The van der Waals surface area contributed by atoms with Crippen molar-refractivity contribution in [1.29, 1.82) is 0 Å². The van der Waals surface area contributed by atoms with Gasteiger partial charge in [-0.15, -0.1) is 10.2 Å². The Morgan fingerprint density at radius 2 is 1.67 bits per heavy atom. The minimum absolute atomic E-state index is 0.0245. The summed E-state index contributed by atoms with van der Waals surface area (Å²) in [5.41, 5.74) is 2.00. The van der Waals surface area contributed by atoms with Gasteiger partial charge in [0.25, 0.3) is 5.89 Å². The van der Waals surface area contributed by atoms with E-state index in [4.69, 9.17) is 18.9 Å². The molecule has 0 fully saturated rings. The maximum Gasteiger partial charge on any atom is 0.413 e. The van der Waals surface area contributed by atoms with Crippen LogP contribution in [-0.2, 0) is 20.8 Å². The SMILES string of the molecule is CCC(=O)NC1CC=C(c2cnc(NC(=O)OC(C)(C)C)c(-c3nnc(-c4ccc(CN(C)C(=O)OC(C)(C)C)cc4)o3)n2)CC1. The molecule has 1 aromatic carbocycles. The predicted octanol–water partition coefficient (Wildman–Crippen LogP) is 6.37. The van der Waals surface area contributed by atoms with Crippen LogP contribution in [0.25, 0.3) is 28.6 Å². The van der Waals surface area contributed by atoms with E-state index in [-0.39, 0.29) is 35.2 Å². The fourth-order valence-electron chi connectivity index (χ4n) is 4.58. The van der Waals surface area contributed by atoms with Crippen molar-refractivity contribution in [1.82, 2.24) is 30.4 Å². The van der Waals surface area contributed by atoms with E-state index < -0.39 is 23.4 Å². The highest BCUT2D eigenvalue weighted by Gasteiger charge is 2.25. The van der Waals surface area contributed by atoms with Crippen LogP contribution in [0, 0.1) is 0 Å². The van der Waals surface area contributed by atoms with Crippen molar-refractivity contribution in [2.75, 3.05) is 12.4 Å². The first-order valence-electron chi connectivity index (χ1n) is 15.3. The first-order valence-corrected chi connectivity index (χ1v) is 15.3. The molecule has 0 bridgehead atoms.